The van der Waals surface area contributed by atoms with Gasteiger partial charge in [-0.1, -0.05) is 24.2 Å². The third-order valence-electron chi connectivity index (χ3n) is 4.04. The second kappa shape index (κ2) is 7.73. The summed E-state index contributed by atoms with van der Waals surface area (Å²) in [4.78, 5) is 28.4. The lowest BCUT2D eigenvalue weighted by Gasteiger charge is -2.09. The monoisotopic (exact) mass is 368 g/mol. The highest BCUT2D eigenvalue weighted by molar-refractivity contribution is 7.17. The van der Waals surface area contributed by atoms with Crippen LogP contribution >= 0.6 is 11.3 Å². The molecule has 0 aromatic carbocycles. The molecule has 1 aliphatic rings. The van der Waals surface area contributed by atoms with Crippen LogP contribution in [0.5, 0.6) is 0 Å². The number of nitrogens with one attached hydrogen (secondary N) is 2. The maximum atomic E-state index is 13.6. The van der Waals surface area contributed by atoms with Crippen molar-refractivity contribution in [3.8, 4) is 0 Å². The van der Waals surface area contributed by atoms with E-state index in [0.717, 1.165) is 23.5 Å². The first-order valence-corrected chi connectivity index (χ1v) is 8.88. The van der Waals surface area contributed by atoms with Crippen molar-refractivity contribution in [3.05, 3.63) is 39.5 Å². The van der Waals surface area contributed by atoms with E-state index in [1.54, 1.807) is 0 Å². The minimum absolute atomic E-state index is 0.0919. The Morgan fingerprint density at radius 2 is 2.16 bits per heavy atom. The van der Waals surface area contributed by atoms with Gasteiger partial charge in [0.25, 0.3) is 11.5 Å². The third-order valence-corrected chi connectivity index (χ3v) is 4.97. The lowest BCUT2D eigenvalue weighted by Crippen LogP contribution is -2.24. The average Bonchev–Trinajstić information content (AvgIpc) is 3.25. The molecule has 1 amide bonds. The molecule has 2 N–H and O–H groups in total. The molecule has 1 fully saturated rings. The topological polar surface area (TPSA) is 76.0 Å². The van der Waals surface area contributed by atoms with E-state index >= 15 is 0 Å². The van der Waals surface area contributed by atoms with Gasteiger partial charge in [-0.3, -0.25) is 9.59 Å². The number of aromatic nitrogens is 2. The summed E-state index contributed by atoms with van der Waals surface area (Å²) >= 11 is 1.21. The third kappa shape index (κ3) is 4.22. The zero-order valence-electron chi connectivity index (χ0n) is 13.4. The molecule has 0 radical (unpaired) electrons. The van der Waals surface area contributed by atoms with Crippen LogP contribution in [-0.2, 0) is 6.54 Å². The van der Waals surface area contributed by atoms with Gasteiger partial charge in [0.05, 0.1) is 18.4 Å². The maximum Gasteiger partial charge on any atom is 0.286 e. The Hall–Kier alpha value is -2.29. The van der Waals surface area contributed by atoms with E-state index in [1.807, 2.05) is 0 Å². The molecule has 0 bridgehead atoms. The highest BCUT2D eigenvalue weighted by Gasteiger charge is 2.18. The van der Waals surface area contributed by atoms with E-state index in [-0.39, 0.29) is 12.2 Å². The van der Waals surface area contributed by atoms with Crippen molar-refractivity contribution in [2.45, 2.75) is 38.3 Å². The Balaban J connectivity index is 1.69. The van der Waals surface area contributed by atoms with E-state index in [9.17, 15) is 18.4 Å². The van der Waals surface area contributed by atoms with Crippen LogP contribution in [0.25, 0.3) is 0 Å². The molecule has 9 heteroatoms. The minimum atomic E-state index is -1.04. The van der Waals surface area contributed by atoms with Crippen LogP contribution in [0.2, 0.25) is 0 Å². The van der Waals surface area contributed by atoms with E-state index in [2.05, 4.69) is 15.6 Å². The number of halogens is 2. The van der Waals surface area contributed by atoms with Gasteiger partial charge in [-0.15, -0.1) is 0 Å². The van der Waals surface area contributed by atoms with Gasteiger partial charge in [-0.2, -0.15) is 0 Å². The van der Waals surface area contributed by atoms with Crippen LogP contribution in [0.3, 0.4) is 0 Å². The highest BCUT2D eigenvalue weighted by atomic mass is 32.1. The average molecular weight is 368 g/mol. The van der Waals surface area contributed by atoms with Gasteiger partial charge in [-0.05, 0) is 12.8 Å². The van der Waals surface area contributed by atoms with Crippen LogP contribution < -0.4 is 16.2 Å². The van der Waals surface area contributed by atoms with Gasteiger partial charge in [0.15, 0.2) is 10.9 Å². The summed E-state index contributed by atoms with van der Waals surface area (Å²) in [5.74, 6) is -1.50. The number of pyridine rings is 1. The summed E-state index contributed by atoms with van der Waals surface area (Å²) in [6.45, 7) is -1.07. The van der Waals surface area contributed by atoms with Crippen molar-refractivity contribution in [1.82, 2.24) is 9.55 Å². The van der Waals surface area contributed by atoms with Crippen molar-refractivity contribution in [3.63, 3.8) is 0 Å². The molecular formula is C16H18F2N4O2S. The van der Waals surface area contributed by atoms with E-state index in [0.29, 0.717) is 16.1 Å². The zero-order chi connectivity index (χ0) is 17.8. The number of hydrogen-bond acceptors (Lipinski definition) is 5. The molecule has 0 unspecified atom stereocenters. The number of anilines is 2. The summed E-state index contributed by atoms with van der Waals surface area (Å²) in [6, 6.07) is 1.31. The molecule has 134 valence electrons. The first-order chi connectivity index (χ1) is 12.1. The Morgan fingerprint density at radius 1 is 1.40 bits per heavy atom. The number of nitrogens with zero attached hydrogens (tertiary/aromatic N) is 2. The summed E-state index contributed by atoms with van der Waals surface area (Å²) in [6.07, 6.45) is 7.24. The SMILES string of the molecule is O=C(Nc1cc(F)c(=O)n(CCF)c1)c1cnc(NC2CCCC2)s1. The Morgan fingerprint density at radius 3 is 2.88 bits per heavy atom. The van der Waals surface area contributed by atoms with Crippen molar-refractivity contribution >= 4 is 28.1 Å². The normalized spacial score (nSPS) is 14.6. The Bertz CT molecular complexity index is 815. The van der Waals surface area contributed by atoms with Crippen molar-refractivity contribution in [1.29, 1.82) is 0 Å². The summed E-state index contributed by atoms with van der Waals surface area (Å²) in [5, 5.41) is 6.49. The van der Waals surface area contributed by atoms with Crippen molar-refractivity contribution < 1.29 is 13.6 Å². The fourth-order valence-electron chi connectivity index (χ4n) is 2.81. The quantitative estimate of drug-likeness (QED) is 0.822. The first kappa shape index (κ1) is 17.5. The predicted molar refractivity (Wildman–Crippen MR) is 92.6 cm³/mol. The number of carbonyl (C=O) groups excluding carboxylic acids is 1. The van der Waals surface area contributed by atoms with Gasteiger partial charge in [-0.25, -0.2) is 13.8 Å². The molecule has 3 rings (SSSR count). The number of carbonyl (C=O) groups is 1. The number of aryl methyl sites for hydroxylation is 1. The maximum absolute atomic E-state index is 13.6. The molecule has 0 atom stereocenters. The van der Waals surface area contributed by atoms with Gasteiger partial charge in [0.1, 0.15) is 11.6 Å². The van der Waals surface area contributed by atoms with E-state index in [4.69, 9.17) is 0 Å². The summed E-state index contributed by atoms with van der Waals surface area (Å²) in [7, 11) is 0. The highest BCUT2D eigenvalue weighted by Crippen LogP contribution is 2.25. The van der Waals surface area contributed by atoms with Crippen LogP contribution in [0, 0.1) is 5.82 Å². The fraction of sp³-hybridized carbons (Fsp3) is 0.438. The first-order valence-electron chi connectivity index (χ1n) is 8.06. The molecule has 6 nitrogen and oxygen atoms in total. The molecular weight excluding hydrogens is 350 g/mol. The second-order valence-electron chi connectivity index (χ2n) is 5.87. The summed E-state index contributed by atoms with van der Waals surface area (Å²) < 4.78 is 27.0. The van der Waals surface area contributed by atoms with Gasteiger partial charge in [0.2, 0.25) is 0 Å². The zero-order valence-corrected chi connectivity index (χ0v) is 14.2. The van der Waals surface area contributed by atoms with Gasteiger partial charge >= 0.3 is 0 Å². The predicted octanol–water partition coefficient (Wildman–Crippen LogP) is 3.02. The molecule has 1 saturated carbocycles. The Kier molecular flexibility index (Phi) is 5.42. The second-order valence-corrected chi connectivity index (χ2v) is 6.90. The smallest absolute Gasteiger partial charge is 0.286 e. The number of alkyl halides is 1. The van der Waals surface area contributed by atoms with E-state index in [1.165, 1.54) is 36.6 Å². The van der Waals surface area contributed by atoms with Crippen LogP contribution in [-0.4, -0.2) is 28.2 Å². The molecule has 2 aromatic heterocycles. The Labute approximate surface area is 146 Å². The number of amides is 1. The molecule has 25 heavy (non-hydrogen) atoms. The minimum Gasteiger partial charge on any atom is -0.359 e. The number of hydrogen-bond donors (Lipinski definition) is 2. The standard InChI is InChI=1S/C16H18F2N4O2S/c17-5-6-22-9-11(7-12(18)15(22)24)20-14(23)13-8-19-16(25-13)21-10-3-1-2-4-10/h7-10H,1-6H2,(H,19,21)(H,20,23). The number of rotatable bonds is 6. The lowest BCUT2D eigenvalue weighted by molar-refractivity contribution is 0.103. The molecule has 2 aromatic rings. The number of thiazole rings is 1. The van der Waals surface area contributed by atoms with Gasteiger partial charge in [0, 0.05) is 18.3 Å². The largest absolute Gasteiger partial charge is 0.359 e. The van der Waals surface area contributed by atoms with Gasteiger partial charge < -0.3 is 15.2 Å². The molecule has 1 aliphatic carbocycles. The van der Waals surface area contributed by atoms with Crippen molar-refractivity contribution in [2.24, 2.45) is 0 Å². The fourth-order valence-corrected chi connectivity index (χ4v) is 3.60. The van der Waals surface area contributed by atoms with Crippen LogP contribution in [0.15, 0.2) is 23.3 Å². The van der Waals surface area contributed by atoms with Crippen molar-refractivity contribution in [2.75, 3.05) is 17.3 Å². The molecule has 0 spiro atoms. The lowest BCUT2D eigenvalue weighted by atomic mass is 10.3. The van der Waals surface area contributed by atoms with Crippen LogP contribution in [0.1, 0.15) is 35.4 Å². The van der Waals surface area contributed by atoms with E-state index < -0.39 is 24.0 Å². The summed E-state index contributed by atoms with van der Waals surface area (Å²) in [5.41, 5.74) is -0.828. The molecule has 0 saturated heterocycles. The molecule has 2 heterocycles. The molecule has 0 aliphatic heterocycles. The van der Waals surface area contributed by atoms with Crippen LogP contribution in [0.4, 0.5) is 19.6 Å².